The Bertz CT molecular complexity index is 529. The highest BCUT2D eigenvalue weighted by Crippen LogP contribution is 2.22. The Morgan fingerprint density at radius 1 is 1.53 bits per heavy atom. The van der Waals surface area contributed by atoms with Crippen molar-refractivity contribution in [2.24, 2.45) is 7.05 Å². The van der Waals surface area contributed by atoms with E-state index < -0.39 is 11.9 Å². The summed E-state index contributed by atoms with van der Waals surface area (Å²) in [5.41, 5.74) is 0.814. The first-order chi connectivity index (χ1) is 8.06. The molecule has 1 unspecified atom stereocenters. The highest BCUT2D eigenvalue weighted by atomic mass is 35.5. The molecule has 0 aliphatic rings. The monoisotopic (exact) mass is 255 g/mol. The van der Waals surface area contributed by atoms with E-state index in [1.807, 2.05) is 0 Å². The summed E-state index contributed by atoms with van der Waals surface area (Å²) in [7, 11) is 1.73. The van der Waals surface area contributed by atoms with Crippen molar-refractivity contribution in [1.29, 1.82) is 0 Å². The predicted octanol–water partition coefficient (Wildman–Crippen LogP) is 1.88. The van der Waals surface area contributed by atoms with Gasteiger partial charge in [0.05, 0.1) is 11.8 Å². The number of aromatic nitrogens is 3. The zero-order valence-electron chi connectivity index (χ0n) is 9.14. The van der Waals surface area contributed by atoms with E-state index in [-0.39, 0.29) is 12.0 Å². The zero-order chi connectivity index (χ0) is 12.4. The molecule has 1 heterocycles. The van der Waals surface area contributed by atoms with Crippen LogP contribution in [0.3, 0.4) is 0 Å². The molecule has 0 bridgehead atoms. The molecule has 0 aliphatic heterocycles. The van der Waals surface area contributed by atoms with E-state index >= 15 is 0 Å². The first-order valence-electron chi connectivity index (χ1n) is 5.04. The van der Waals surface area contributed by atoms with E-state index in [1.54, 1.807) is 19.3 Å². The summed E-state index contributed by atoms with van der Waals surface area (Å²) in [4.78, 5) is 0. The predicted molar refractivity (Wildman–Crippen MR) is 61.1 cm³/mol. The number of benzene rings is 1. The van der Waals surface area contributed by atoms with Gasteiger partial charge in [0.25, 0.3) is 0 Å². The lowest BCUT2D eigenvalue weighted by Crippen LogP contribution is -2.04. The summed E-state index contributed by atoms with van der Waals surface area (Å²) in [6.45, 7) is 0. The lowest BCUT2D eigenvalue weighted by molar-refractivity contribution is 0.172. The highest BCUT2D eigenvalue weighted by molar-refractivity contribution is 6.30. The fourth-order valence-corrected chi connectivity index (χ4v) is 1.73. The van der Waals surface area contributed by atoms with Gasteiger partial charge in [-0.15, -0.1) is 5.10 Å². The number of aliphatic hydroxyl groups excluding tert-OH is 1. The van der Waals surface area contributed by atoms with Gasteiger partial charge in [-0.1, -0.05) is 22.9 Å². The molecule has 6 heteroatoms. The van der Waals surface area contributed by atoms with Crippen LogP contribution in [-0.4, -0.2) is 20.1 Å². The van der Waals surface area contributed by atoms with Gasteiger partial charge in [0.1, 0.15) is 5.82 Å². The van der Waals surface area contributed by atoms with Crippen LogP contribution in [0.25, 0.3) is 0 Å². The maximum absolute atomic E-state index is 13.5. The Morgan fingerprint density at radius 3 is 2.88 bits per heavy atom. The van der Waals surface area contributed by atoms with Crippen LogP contribution >= 0.6 is 11.6 Å². The van der Waals surface area contributed by atoms with Crippen molar-refractivity contribution in [2.75, 3.05) is 0 Å². The molecule has 2 aromatic rings. The van der Waals surface area contributed by atoms with Crippen LogP contribution < -0.4 is 0 Å². The average molecular weight is 256 g/mol. The number of aliphatic hydroxyl groups is 1. The minimum atomic E-state index is -0.955. The summed E-state index contributed by atoms with van der Waals surface area (Å²) in [5, 5.41) is 17.8. The Hall–Kier alpha value is -1.46. The summed E-state index contributed by atoms with van der Waals surface area (Å²) >= 11 is 5.64. The molecule has 17 heavy (non-hydrogen) atoms. The minimum absolute atomic E-state index is 0.208. The second-order valence-electron chi connectivity index (χ2n) is 3.77. The molecule has 1 aromatic heterocycles. The molecule has 1 aromatic carbocycles. The van der Waals surface area contributed by atoms with Gasteiger partial charge in [0.2, 0.25) is 0 Å². The molecular weight excluding hydrogens is 245 g/mol. The van der Waals surface area contributed by atoms with Crippen LogP contribution in [0.4, 0.5) is 4.39 Å². The van der Waals surface area contributed by atoms with Gasteiger partial charge in [0, 0.05) is 30.3 Å². The van der Waals surface area contributed by atoms with Crippen LogP contribution in [0.1, 0.15) is 17.4 Å². The fraction of sp³-hybridized carbons (Fsp3) is 0.273. The van der Waals surface area contributed by atoms with Crippen LogP contribution in [0.2, 0.25) is 5.02 Å². The van der Waals surface area contributed by atoms with Crippen LogP contribution in [0.5, 0.6) is 0 Å². The van der Waals surface area contributed by atoms with Crippen LogP contribution in [0, 0.1) is 5.82 Å². The molecule has 0 saturated heterocycles. The number of nitrogens with zero attached hydrogens (tertiary/aromatic N) is 3. The van der Waals surface area contributed by atoms with Gasteiger partial charge in [-0.25, -0.2) is 4.39 Å². The van der Waals surface area contributed by atoms with Gasteiger partial charge in [-0.05, 0) is 12.1 Å². The van der Waals surface area contributed by atoms with Crippen molar-refractivity contribution >= 4 is 11.6 Å². The topological polar surface area (TPSA) is 50.9 Å². The van der Waals surface area contributed by atoms with Crippen molar-refractivity contribution in [3.63, 3.8) is 0 Å². The number of rotatable bonds is 3. The molecule has 0 spiro atoms. The van der Waals surface area contributed by atoms with Crippen LogP contribution in [0.15, 0.2) is 24.4 Å². The van der Waals surface area contributed by atoms with E-state index in [9.17, 15) is 9.50 Å². The highest BCUT2D eigenvalue weighted by Gasteiger charge is 2.15. The van der Waals surface area contributed by atoms with E-state index in [0.29, 0.717) is 10.7 Å². The van der Waals surface area contributed by atoms with E-state index in [2.05, 4.69) is 10.3 Å². The SMILES string of the molecule is Cn1cc(CC(O)c2ccc(Cl)cc2F)nn1. The first-order valence-corrected chi connectivity index (χ1v) is 5.42. The molecule has 0 amide bonds. The Kier molecular flexibility index (Phi) is 3.40. The van der Waals surface area contributed by atoms with Crippen molar-refractivity contribution in [1.82, 2.24) is 15.0 Å². The van der Waals surface area contributed by atoms with Crippen LogP contribution in [-0.2, 0) is 13.5 Å². The minimum Gasteiger partial charge on any atom is -0.388 e. The van der Waals surface area contributed by atoms with Gasteiger partial charge in [-0.2, -0.15) is 0 Å². The molecule has 0 saturated carbocycles. The number of hydrogen-bond donors (Lipinski definition) is 1. The van der Waals surface area contributed by atoms with Gasteiger partial charge in [0.15, 0.2) is 0 Å². The summed E-state index contributed by atoms with van der Waals surface area (Å²) in [6.07, 6.45) is 0.938. The Morgan fingerprint density at radius 2 is 2.29 bits per heavy atom. The third-order valence-corrected chi connectivity index (χ3v) is 2.61. The normalized spacial score (nSPS) is 12.7. The number of halogens is 2. The third kappa shape index (κ3) is 2.81. The molecule has 1 atom stereocenters. The smallest absolute Gasteiger partial charge is 0.130 e. The van der Waals surface area contributed by atoms with E-state index in [0.717, 1.165) is 0 Å². The molecule has 4 nitrogen and oxygen atoms in total. The maximum Gasteiger partial charge on any atom is 0.130 e. The van der Waals surface area contributed by atoms with E-state index in [1.165, 1.54) is 16.8 Å². The molecule has 2 rings (SSSR count). The molecular formula is C11H11ClFN3O. The Balaban J connectivity index is 2.17. The number of aryl methyl sites for hydroxylation is 1. The summed E-state index contributed by atoms with van der Waals surface area (Å²) in [5.74, 6) is -0.520. The van der Waals surface area contributed by atoms with Crippen molar-refractivity contribution in [3.05, 3.63) is 46.5 Å². The van der Waals surface area contributed by atoms with Crippen molar-refractivity contribution in [3.8, 4) is 0 Å². The van der Waals surface area contributed by atoms with Crippen molar-refractivity contribution in [2.45, 2.75) is 12.5 Å². The van der Waals surface area contributed by atoms with Crippen molar-refractivity contribution < 1.29 is 9.50 Å². The summed E-state index contributed by atoms with van der Waals surface area (Å²) < 4.78 is 15.1. The maximum atomic E-state index is 13.5. The quantitative estimate of drug-likeness (QED) is 0.911. The summed E-state index contributed by atoms with van der Waals surface area (Å²) in [6, 6.07) is 4.19. The molecule has 0 aliphatic carbocycles. The second kappa shape index (κ2) is 4.81. The van der Waals surface area contributed by atoms with Gasteiger partial charge in [-0.3, -0.25) is 4.68 Å². The average Bonchev–Trinajstić information content (AvgIpc) is 2.63. The number of hydrogen-bond acceptors (Lipinski definition) is 3. The molecule has 1 N–H and O–H groups in total. The Labute approximate surface area is 103 Å². The molecule has 0 fully saturated rings. The first kappa shape index (κ1) is 12.0. The standard InChI is InChI=1S/C11H11ClFN3O/c1-16-6-8(14-15-16)5-11(17)9-3-2-7(12)4-10(9)13/h2-4,6,11,17H,5H2,1H3. The van der Waals surface area contributed by atoms with E-state index in [4.69, 9.17) is 11.6 Å². The molecule has 90 valence electrons. The van der Waals surface area contributed by atoms with Gasteiger partial charge >= 0.3 is 0 Å². The lowest BCUT2D eigenvalue weighted by Gasteiger charge is -2.10. The zero-order valence-corrected chi connectivity index (χ0v) is 9.89. The largest absolute Gasteiger partial charge is 0.388 e. The molecule has 0 radical (unpaired) electrons. The van der Waals surface area contributed by atoms with Gasteiger partial charge < -0.3 is 5.11 Å². The lowest BCUT2D eigenvalue weighted by atomic mass is 10.0. The third-order valence-electron chi connectivity index (χ3n) is 2.37. The fourth-order valence-electron chi connectivity index (χ4n) is 1.57. The second-order valence-corrected chi connectivity index (χ2v) is 4.21.